The molecule has 0 unspecified atom stereocenters. The summed E-state index contributed by atoms with van der Waals surface area (Å²) in [6.45, 7) is 4.08. The Morgan fingerprint density at radius 1 is 1.33 bits per heavy atom. The minimum Gasteiger partial charge on any atom is -0.389 e. The second-order valence-electron chi connectivity index (χ2n) is 4.08. The lowest BCUT2D eigenvalue weighted by Gasteiger charge is -2.20. The molecule has 1 atom stereocenters. The average Bonchev–Trinajstić information content (AvgIpc) is 2.70. The summed E-state index contributed by atoms with van der Waals surface area (Å²) in [5, 5.41) is 9.47. The van der Waals surface area contributed by atoms with E-state index in [1.165, 1.54) is 18.5 Å². The largest absolute Gasteiger partial charge is 0.389 e. The molecule has 1 saturated heterocycles. The van der Waals surface area contributed by atoms with E-state index in [-0.39, 0.29) is 0 Å². The standard InChI is InChI=1S/C12H16BrNO/c1-9(15)10-4-5-12(11(13)8-10)14-6-2-3-7-14/h4-5,8-9,15H,2-3,6-7H2,1H3/t9-/m0/s1. The van der Waals surface area contributed by atoms with Gasteiger partial charge in [0.2, 0.25) is 0 Å². The molecular formula is C12H16BrNO. The first-order chi connectivity index (χ1) is 7.18. The number of benzene rings is 1. The van der Waals surface area contributed by atoms with Gasteiger partial charge in [0.15, 0.2) is 0 Å². The first-order valence-electron chi connectivity index (χ1n) is 5.41. The Morgan fingerprint density at radius 2 is 2.00 bits per heavy atom. The zero-order chi connectivity index (χ0) is 10.8. The van der Waals surface area contributed by atoms with Crippen molar-refractivity contribution in [3.05, 3.63) is 28.2 Å². The zero-order valence-corrected chi connectivity index (χ0v) is 10.5. The summed E-state index contributed by atoms with van der Waals surface area (Å²) in [6, 6.07) is 6.11. The predicted octanol–water partition coefficient (Wildman–Crippen LogP) is 3.10. The molecule has 1 aliphatic heterocycles. The quantitative estimate of drug-likeness (QED) is 0.892. The smallest absolute Gasteiger partial charge is 0.0762 e. The number of nitrogens with zero attached hydrogens (tertiary/aromatic N) is 1. The van der Waals surface area contributed by atoms with Crippen LogP contribution in [0.5, 0.6) is 0 Å². The Bertz CT molecular complexity index is 345. The maximum atomic E-state index is 9.47. The minimum absolute atomic E-state index is 0.395. The average molecular weight is 270 g/mol. The Labute approximate surface area is 99.0 Å². The van der Waals surface area contributed by atoms with Gasteiger partial charge in [-0.3, -0.25) is 0 Å². The third kappa shape index (κ3) is 2.34. The van der Waals surface area contributed by atoms with E-state index in [0.29, 0.717) is 0 Å². The van der Waals surface area contributed by atoms with Crippen LogP contribution in [0.1, 0.15) is 31.4 Å². The van der Waals surface area contributed by atoms with Crippen molar-refractivity contribution in [2.75, 3.05) is 18.0 Å². The molecule has 0 spiro atoms. The normalized spacial score (nSPS) is 18.2. The van der Waals surface area contributed by atoms with E-state index in [4.69, 9.17) is 0 Å². The van der Waals surface area contributed by atoms with Crippen molar-refractivity contribution in [1.29, 1.82) is 0 Å². The fraction of sp³-hybridized carbons (Fsp3) is 0.500. The van der Waals surface area contributed by atoms with Gasteiger partial charge in [0.1, 0.15) is 0 Å². The highest BCUT2D eigenvalue weighted by Gasteiger charge is 2.15. The molecule has 3 heteroatoms. The van der Waals surface area contributed by atoms with E-state index in [1.807, 2.05) is 12.1 Å². The summed E-state index contributed by atoms with van der Waals surface area (Å²) in [6.07, 6.45) is 2.17. The molecular weight excluding hydrogens is 254 g/mol. The lowest BCUT2D eigenvalue weighted by Crippen LogP contribution is -2.18. The number of halogens is 1. The Hall–Kier alpha value is -0.540. The SMILES string of the molecule is C[C@H](O)c1ccc(N2CCCC2)c(Br)c1. The lowest BCUT2D eigenvalue weighted by molar-refractivity contribution is 0.199. The maximum Gasteiger partial charge on any atom is 0.0762 e. The van der Waals surface area contributed by atoms with Gasteiger partial charge in [0.25, 0.3) is 0 Å². The molecule has 1 fully saturated rings. The van der Waals surface area contributed by atoms with E-state index < -0.39 is 6.10 Å². The molecule has 0 saturated carbocycles. The third-order valence-electron chi connectivity index (χ3n) is 2.90. The van der Waals surface area contributed by atoms with Crippen LogP contribution in [-0.2, 0) is 0 Å². The van der Waals surface area contributed by atoms with Crippen LogP contribution in [0.2, 0.25) is 0 Å². The van der Waals surface area contributed by atoms with Crippen LogP contribution >= 0.6 is 15.9 Å². The zero-order valence-electron chi connectivity index (χ0n) is 8.91. The number of aliphatic hydroxyl groups is 1. The van der Waals surface area contributed by atoms with Gasteiger partial charge in [-0.2, -0.15) is 0 Å². The van der Waals surface area contributed by atoms with Crippen LogP contribution in [0.3, 0.4) is 0 Å². The first kappa shape index (κ1) is 11.0. The molecule has 82 valence electrons. The minimum atomic E-state index is -0.395. The van der Waals surface area contributed by atoms with Crippen LogP contribution < -0.4 is 4.90 Å². The van der Waals surface area contributed by atoms with Crippen LogP contribution in [0, 0.1) is 0 Å². The Balaban J connectivity index is 2.25. The van der Waals surface area contributed by atoms with E-state index in [2.05, 4.69) is 26.9 Å². The highest BCUT2D eigenvalue weighted by molar-refractivity contribution is 9.10. The van der Waals surface area contributed by atoms with Crippen molar-refractivity contribution < 1.29 is 5.11 Å². The number of aliphatic hydroxyl groups excluding tert-OH is 1. The van der Waals surface area contributed by atoms with Gasteiger partial charge in [-0.1, -0.05) is 6.07 Å². The molecule has 0 bridgehead atoms. The summed E-state index contributed by atoms with van der Waals surface area (Å²) >= 11 is 3.57. The van der Waals surface area contributed by atoms with Crippen LogP contribution in [0.4, 0.5) is 5.69 Å². The first-order valence-corrected chi connectivity index (χ1v) is 6.20. The maximum absolute atomic E-state index is 9.47. The lowest BCUT2D eigenvalue weighted by atomic mass is 10.1. The van der Waals surface area contributed by atoms with Gasteiger partial charge in [-0.05, 0) is 53.4 Å². The number of hydrogen-bond acceptors (Lipinski definition) is 2. The van der Waals surface area contributed by atoms with Gasteiger partial charge in [0.05, 0.1) is 11.8 Å². The Kier molecular flexibility index (Phi) is 3.32. The van der Waals surface area contributed by atoms with Crippen LogP contribution in [0.25, 0.3) is 0 Å². The van der Waals surface area contributed by atoms with E-state index >= 15 is 0 Å². The molecule has 0 aliphatic carbocycles. The third-order valence-corrected chi connectivity index (χ3v) is 3.54. The molecule has 15 heavy (non-hydrogen) atoms. The second kappa shape index (κ2) is 4.54. The number of rotatable bonds is 2. The topological polar surface area (TPSA) is 23.5 Å². The number of anilines is 1. The molecule has 0 aromatic heterocycles. The molecule has 1 aliphatic rings. The molecule has 2 nitrogen and oxygen atoms in total. The van der Waals surface area contributed by atoms with Crippen LogP contribution in [0.15, 0.2) is 22.7 Å². The van der Waals surface area contributed by atoms with Crippen molar-refractivity contribution in [1.82, 2.24) is 0 Å². The fourth-order valence-electron chi connectivity index (χ4n) is 2.00. The fourth-order valence-corrected chi connectivity index (χ4v) is 2.64. The molecule has 0 radical (unpaired) electrons. The van der Waals surface area contributed by atoms with E-state index in [9.17, 15) is 5.11 Å². The van der Waals surface area contributed by atoms with Crippen molar-refractivity contribution in [2.45, 2.75) is 25.9 Å². The van der Waals surface area contributed by atoms with Gasteiger partial charge < -0.3 is 10.0 Å². The van der Waals surface area contributed by atoms with Crippen molar-refractivity contribution in [3.8, 4) is 0 Å². The second-order valence-corrected chi connectivity index (χ2v) is 4.94. The molecule has 1 aromatic carbocycles. The van der Waals surface area contributed by atoms with Gasteiger partial charge in [-0.15, -0.1) is 0 Å². The summed E-state index contributed by atoms with van der Waals surface area (Å²) in [5.74, 6) is 0. The molecule has 1 N–H and O–H groups in total. The molecule has 1 aromatic rings. The highest BCUT2D eigenvalue weighted by Crippen LogP contribution is 2.31. The van der Waals surface area contributed by atoms with Crippen molar-refractivity contribution in [2.24, 2.45) is 0 Å². The van der Waals surface area contributed by atoms with Crippen molar-refractivity contribution in [3.63, 3.8) is 0 Å². The highest BCUT2D eigenvalue weighted by atomic mass is 79.9. The van der Waals surface area contributed by atoms with Gasteiger partial charge >= 0.3 is 0 Å². The van der Waals surface area contributed by atoms with Crippen LogP contribution in [-0.4, -0.2) is 18.2 Å². The summed E-state index contributed by atoms with van der Waals surface area (Å²) < 4.78 is 1.09. The van der Waals surface area contributed by atoms with Crippen molar-refractivity contribution >= 4 is 21.6 Å². The van der Waals surface area contributed by atoms with Gasteiger partial charge in [0, 0.05) is 17.6 Å². The molecule has 0 amide bonds. The van der Waals surface area contributed by atoms with E-state index in [0.717, 1.165) is 23.1 Å². The molecule has 1 heterocycles. The van der Waals surface area contributed by atoms with E-state index in [1.54, 1.807) is 6.92 Å². The van der Waals surface area contributed by atoms with Gasteiger partial charge in [-0.25, -0.2) is 0 Å². The predicted molar refractivity (Wildman–Crippen MR) is 66.2 cm³/mol. The Morgan fingerprint density at radius 3 is 2.53 bits per heavy atom. The molecule has 2 rings (SSSR count). The monoisotopic (exact) mass is 269 g/mol. The summed E-state index contributed by atoms with van der Waals surface area (Å²) in [7, 11) is 0. The number of hydrogen-bond donors (Lipinski definition) is 1. The summed E-state index contributed by atoms with van der Waals surface area (Å²) in [4.78, 5) is 2.38. The summed E-state index contributed by atoms with van der Waals surface area (Å²) in [5.41, 5.74) is 2.21.